The average Bonchev–Trinajstić information content (AvgIpc) is 2.65. The molecule has 2 rings (SSSR count). The van der Waals surface area contributed by atoms with Crippen LogP contribution in [0.3, 0.4) is 0 Å². The van der Waals surface area contributed by atoms with Crippen LogP contribution < -0.4 is 15.5 Å². The van der Waals surface area contributed by atoms with E-state index in [9.17, 15) is 4.79 Å². The van der Waals surface area contributed by atoms with Gasteiger partial charge in [0.25, 0.3) is 5.91 Å². The highest BCUT2D eigenvalue weighted by atomic mass is 16.1. The highest BCUT2D eigenvalue weighted by Gasteiger charge is 2.12. The van der Waals surface area contributed by atoms with Crippen LogP contribution in [0.4, 0.5) is 17.1 Å². The van der Waals surface area contributed by atoms with E-state index in [4.69, 9.17) is 0 Å². The molecule has 1 atom stereocenters. The molecule has 1 amide bonds. The number of rotatable bonds is 8. The number of amides is 1. The molecule has 0 fully saturated rings. The zero-order valence-corrected chi connectivity index (χ0v) is 16.5. The SMILES string of the molecule is CCC(C)Nc1ccnc(C(=O)Nc2ccc(N(CC)CC)cc2C)c1. The quantitative estimate of drug-likeness (QED) is 0.721. The van der Waals surface area contributed by atoms with Gasteiger partial charge in [-0.15, -0.1) is 0 Å². The number of hydrogen-bond acceptors (Lipinski definition) is 4. The largest absolute Gasteiger partial charge is 0.382 e. The van der Waals surface area contributed by atoms with Crippen LogP contribution in [-0.4, -0.2) is 30.0 Å². The van der Waals surface area contributed by atoms with Crippen LogP contribution in [0.15, 0.2) is 36.5 Å². The summed E-state index contributed by atoms with van der Waals surface area (Å²) < 4.78 is 0. The van der Waals surface area contributed by atoms with E-state index in [1.54, 1.807) is 12.3 Å². The molecule has 5 nitrogen and oxygen atoms in total. The van der Waals surface area contributed by atoms with E-state index in [1.165, 1.54) is 5.69 Å². The number of carbonyl (C=O) groups is 1. The molecule has 0 aliphatic heterocycles. The van der Waals surface area contributed by atoms with Gasteiger partial charge < -0.3 is 15.5 Å². The molecule has 0 aliphatic rings. The van der Waals surface area contributed by atoms with Gasteiger partial charge in [-0.3, -0.25) is 9.78 Å². The number of benzene rings is 1. The van der Waals surface area contributed by atoms with Crippen molar-refractivity contribution in [3.63, 3.8) is 0 Å². The van der Waals surface area contributed by atoms with Gasteiger partial charge in [0, 0.05) is 42.4 Å². The van der Waals surface area contributed by atoms with Crippen molar-refractivity contribution >= 4 is 23.0 Å². The van der Waals surface area contributed by atoms with Crippen molar-refractivity contribution in [2.24, 2.45) is 0 Å². The van der Waals surface area contributed by atoms with Crippen LogP contribution in [0.2, 0.25) is 0 Å². The van der Waals surface area contributed by atoms with Gasteiger partial charge in [0.15, 0.2) is 0 Å². The molecule has 26 heavy (non-hydrogen) atoms. The van der Waals surface area contributed by atoms with Crippen molar-refractivity contribution in [2.75, 3.05) is 28.6 Å². The van der Waals surface area contributed by atoms with Gasteiger partial charge in [-0.25, -0.2) is 0 Å². The fourth-order valence-corrected chi connectivity index (χ4v) is 2.79. The van der Waals surface area contributed by atoms with Crippen molar-refractivity contribution < 1.29 is 4.79 Å². The van der Waals surface area contributed by atoms with Crippen molar-refractivity contribution in [1.82, 2.24) is 4.98 Å². The summed E-state index contributed by atoms with van der Waals surface area (Å²) in [6.07, 6.45) is 2.68. The summed E-state index contributed by atoms with van der Waals surface area (Å²) in [5, 5.41) is 6.34. The Bertz CT molecular complexity index is 741. The molecule has 0 aliphatic carbocycles. The maximum Gasteiger partial charge on any atom is 0.274 e. The fourth-order valence-electron chi connectivity index (χ4n) is 2.79. The highest BCUT2D eigenvalue weighted by Crippen LogP contribution is 2.23. The predicted molar refractivity (Wildman–Crippen MR) is 110 cm³/mol. The molecule has 0 spiro atoms. The van der Waals surface area contributed by atoms with Crippen LogP contribution >= 0.6 is 0 Å². The number of pyridine rings is 1. The van der Waals surface area contributed by atoms with Crippen LogP contribution in [0, 0.1) is 6.92 Å². The number of nitrogens with one attached hydrogen (secondary N) is 2. The molecular weight excluding hydrogens is 324 g/mol. The second-order valence-electron chi connectivity index (χ2n) is 6.51. The van der Waals surface area contributed by atoms with E-state index in [2.05, 4.69) is 54.3 Å². The number of nitrogens with zero attached hydrogens (tertiary/aromatic N) is 2. The molecule has 1 aromatic heterocycles. The molecule has 140 valence electrons. The highest BCUT2D eigenvalue weighted by molar-refractivity contribution is 6.03. The number of aromatic nitrogens is 1. The second kappa shape index (κ2) is 9.22. The first-order valence-corrected chi connectivity index (χ1v) is 9.37. The third kappa shape index (κ3) is 4.97. The molecule has 1 unspecified atom stereocenters. The van der Waals surface area contributed by atoms with Crippen molar-refractivity contribution in [2.45, 2.75) is 47.1 Å². The van der Waals surface area contributed by atoms with E-state index in [1.807, 2.05) is 25.1 Å². The molecule has 2 aromatic rings. The average molecular weight is 354 g/mol. The lowest BCUT2D eigenvalue weighted by molar-refractivity contribution is 0.102. The van der Waals surface area contributed by atoms with Crippen LogP contribution in [0.5, 0.6) is 0 Å². The van der Waals surface area contributed by atoms with E-state index < -0.39 is 0 Å². The number of aryl methyl sites for hydroxylation is 1. The molecule has 0 radical (unpaired) electrons. The Kier molecular flexibility index (Phi) is 7.01. The van der Waals surface area contributed by atoms with E-state index in [0.29, 0.717) is 11.7 Å². The summed E-state index contributed by atoms with van der Waals surface area (Å²) >= 11 is 0. The standard InChI is InChI=1S/C21H30N4O/c1-6-16(5)23-17-11-12-22-20(14-17)21(26)24-19-10-9-18(13-15(19)4)25(7-2)8-3/h9-14,16H,6-8H2,1-5H3,(H,22,23)(H,24,26). The van der Waals surface area contributed by atoms with E-state index in [-0.39, 0.29) is 5.91 Å². The summed E-state index contributed by atoms with van der Waals surface area (Å²) in [5.74, 6) is -0.198. The lowest BCUT2D eigenvalue weighted by atomic mass is 10.1. The molecule has 0 saturated carbocycles. The van der Waals surface area contributed by atoms with Crippen LogP contribution in [0.1, 0.15) is 50.2 Å². The fraction of sp³-hybridized carbons (Fsp3) is 0.429. The minimum absolute atomic E-state index is 0.198. The number of hydrogen-bond donors (Lipinski definition) is 2. The van der Waals surface area contributed by atoms with Crippen LogP contribution in [0.25, 0.3) is 0 Å². The summed E-state index contributed by atoms with van der Waals surface area (Å²) in [6, 6.07) is 10.1. The third-order valence-electron chi connectivity index (χ3n) is 4.60. The zero-order valence-electron chi connectivity index (χ0n) is 16.5. The molecule has 0 saturated heterocycles. The topological polar surface area (TPSA) is 57.3 Å². The van der Waals surface area contributed by atoms with Gasteiger partial charge in [0.1, 0.15) is 5.69 Å². The van der Waals surface area contributed by atoms with Gasteiger partial charge in [-0.05, 0) is 70.0 Å². The number of carbonyl (C=O) groups excluding carboxylic acids is 1. The smallest absolute Gasteiger partial charge is 0.274 e. The van der Waals surface area contributed by atoms with Gasteiger partial charge in [-0.2, -0.15) is 0 Å². The Labute approximate surface area is 156 Å². The van der Waals surface area contributed by atoms with E-state index >= 15 is 0 Å². The Morgan fingerprint density at radius 1 is 1.15 bits per heavy atom. The maximum atomic E-state index is 12.6. The van der Waals surface area contributed by atoms with Crippen LogP contribution in [-0.2, 0) is 0 Å². The minimum atomic E-state index is -0.198. The first kappa shape index (κ1) is 19.8. The zero-order chi connectivity index (χ0) is 19.1. The van der Waals surface area contributed by atoms with Crippen molar-refractivity contribution in [3.05, 3.63) is 47.8 Å². The first-order chi connectivity index (χ1) is 12.5. The Hall–Kier alpha value is -2.56. The van der Waals surface area contributed by atoms with Gasteiger partial charge in [0.05, 0.1) is 0 Å². The summed E-state index contributed by atoms with van der Waals surface area (Å²) in [5.41, 5.74) is 4.34. The van der Waals surface area contributed by atoms with Gasteiger partial charge >= 0.3 is 0 Å². The number of anilines is 3. The molecule has 1 heterocycles. The predicted octanol–water partition coefficient (Wildman–Crippen LogP) is 4.70. The molecule has 5 heteroatoms. The molecule has 2 N–H and O–H groups in total. The second-order valence-corrected chi connectivity index (χ2v) is 6.51. The summed E-state index contributed by atoms with van der Waals surface area (Å²) in [4.78, 5) is 19.1. The molecule has 0 bridgehead atoms. The van der Waals surface area contributed by atoms with Gasteiger partial charge in [-0.1, -0.05) is 6.92 Å². The lowest BCUT2D eigenvalue weighted by Crippen LogP contribution is -2.22. The van der Waals surface area contributed by atoms with E-state index in [0.717, 1.165) is 36.4 Å². The first-order valence-electron chi connectivity index (χ1n) is 9.37. The third-order valence-corrected chi connectivity index (χ3v) is 4.60. The Morgan fingerprint density at radius 2 is 1.88 bits per heavy atom. The normalized spacial score (nSPS) is 11.7. The summed E-state index contributed by atoms with van der Waals surface area (Å²) in [7, 11) is 0. The maximum absolute atomic E-state index is 12.6. The Morgan fingerprint density at radius 3 is 2.50 bits per heavy atom. The van der Waals surface area contributed by atoms with Gasteiger partial charge in [0.2, 0.25) is 0 Å². The monoisotopic (exact) mass is 354 g/mol. The minimum Gasteiger partial charge on any atom is -0.382 e. The van der Waals surface area contributed by atoms with Crippen molar-refractivity contribution in [1.29, 1.82) is 0 Å². The molecular formula is C21H30N4O. The summed E-state index contributed by atoms with van der Waals surface area (Å²) in [6.45, 7) is 12.4. The van der Waals surface area contributed by atoms with Crippen molar-refractivity contribution in [3.8, 4) is 0 Å². The lowest BCUT2D eigenvalue weighted by Gasteiger charge is -2.22. The molecule has 1 aromatic carbocycles. The Balaban J connectivity index is 2.13.